The molecular formula is C7H14O. The maximum absolute atomic E-state index is 5.43. The minimum atomic E-state index is 0.634. The molecule has 0 unspecified atom stereocenters. The van der Waals surface area contributed by atoms with Crippen LogP contribution in [0, 0.1) is 0 Å². The second-order valence-corrected chi connectivity index (χ2v) is 2.42. The molecular weight excluding hydrogens is 100 g/mol. The standard InChI is InChI=1S/C7H14O/c1-2-6-8-7-4-3-5-7/h7H,2-6H2,1H3. The van der Waals surface area contributed by atoms with Gasteiger partial charge in [0.05, 0.1) is 6.10 Å². The predicted octanol–water partition coefficient (Wildman–Crippen LogP) is 1.97. The largest absolute Gasteiger partial charge is 0.378 e. The maximum atomic E-state index is 5.43. The van der Waals surface area contributed by atoms with Crippen molar-refractivity contribution < 1.29 is 4.74 Å². The molecule has 0 aliphatic heterocycles. The van der Waals surface area contributed by atoms with Gasteiger partial charge in [-0.1, -0.05) is 6.92 Å². The van der Waals surface area contributed by atoms with Crippen molar-refractivity contribution in [2.24, 2.45) is 0 Å². The van der Waals surface area contributed by atoms with Crippen LogP contribution in [0.5, 0.6) is 0 Å². The first-order chi connectivity index (χ1) is 3.93. The molecule has 0 aromatic rings. The van der Waals surface area contributed by atoms with Crippen LogP contribution in [0.4, 0.5) is 0 Å². The number of hydrogen-bond donors (Lipinski definition) is 0. The molecule has 0 radical (unpaired) electrons. The quantitative estimate of drug-likeness (QED) is 0.545. The molecule has 0 bridgehead atoms. The second-order valence-electron chi connectivity index (χ2n) is 2.42. The predicted molar refractivity (Wildman–Crippen MR) is 33.9 cm³/mol. The minimum absolute atomic E-state index is 0.634. The summed E-state index contributed by atoms with van der Waals surface area (Å²) < 4.78 is 5.43. The molecule has 1 fully saturated rings. The summed E-state index contributed by atoms with van der Waals surface area (Å²) in [5, 5.41) is 0. The van der Waals surface area contributed by atoms with E-state index in [1.807, 2.05) is 0 Å². The molecule has 0 aromatic heterocycles. The van der Waals surface area contributed by atoms with E-state index in [1.54, 1.807) is 0 Å². The van der Waals surface area contributed by atoms with Gasteiger partial charge in [0.25, 0.3) is 0 Å². The molecule has 1 saturated carbocycles. The molecule has 8 heavy (non-hydrogen) atoms. The highest BCUT2D eigenvalue weighted by molar-refractivity contribution is 4.68. The van der Waals surface area contributed by atoms with Gasteiger partial charge in [0.15, 0.2) is 0 Å². The molecule has 1 rings (SSSR count). The van der Waals surface area contributed by atoms with Crippen LogP contribution < -0.4 is 0 Å². The van der Waals surface area contributed by atoms with Gasteiger partial charge in [-0.05, 0) is 25.7 Å². The Morgan fingerprint density at radius 1 is 1.50 bits per heavy atom. The van der Waals surface area contributed by atoms with Crippen molar-refractivity contribution >= 4 is 0 Å². The van der Waals surface area contributed by atoms with Gasteiger partial charge in [-0.3, -0.25) is 0 Å². The van der Waals surface area contributed by atoms with Gasteiger partial charge in [0.1, 0.15) is 0 Å². The van der Waals surface area contributed by atoms with Crippen LogP contribution in [0.25, 0.3) is 0 Å². The van der Waals surface area contributed by atoms with Gasteiger partial charge >= 0.3 is 0 Å². The van der Waals surface area contributed by atoms with Crippen molar-refractivity contribution in [2.75, 3.05) is 6.61 Å². The van der Waals surface area contributed by atoms with Crippen molar-refractivity contribution in [1.29, 1.82) is 0 Å². The summed E-state index contributed by atoms with van der Waals surface area (Å²) in [7, 11) is 0. The zero-order chi connectivity index (χ0) is 5.82. The van der Waals surface area contributed by atoms with Crippen LogP contribution in [0.3, 0.4) is 0 Å². The first kappa shape index (κ1) is 6.09. The lowest BCUT2D eigenvalue weighted by atomic mass is 9.96. The molecule has 0 amide bonds. The summed E-state index contributed by atoms with van der Waals surface area (Å²) in [6.07, 6.45) is 5.79. The fourth-order valence-corrected chi connectivity index (χ4v) is 0.822. The molecule has 1 heteroatoms. The van der Waals surface area contributed by atoms with Gasteiger partial charge in [-0.15, -0.1) is 0 Å². The minimum Gasteiger partial charge on any atom is -0.378 e. The number of rotatable bonds is 3. The van der Waals surface area contributed by atoms with Crippen LogP contribution in [0.1, 0.15) is 32.6 Å². The average molecular weight is 114 g/mol. The first-order valence-corrected chi connectivity index (χ1v) is 3.55. The summed E-state index contributed by atoms with van der Waals surface area (Å²) in [5.41, 5.74) is 0. The zero-order valence-corrected chi connectivity index (χ0v) is 5.52. The Morgan fingerprint density at radius 2 is 2.25 bits per heavy atom. The summed E-state index contributed by atoms with van der Waals surface area (Å²) >= 11 is 0. The lowest BCUT2D eigenvalue weighted by molar-refractivity contribution is 0.00286. The molecule has 1 aliphatic carbocycles. The van der Waals surface area contributed by atoms with Crippen molar-refractivity contribution in [3.05, 3.63) is 0 Å². The monoisotopic (exact) mass is 114 g/mol. The van der Waals surface area contributed by atoms with Crippen LogP contribution in [0.15, 0.2) is 0 Å². The summed E-state index contributed by atoms with van der Waals surface area (Å²) in [6.45, 7) is 3.11. The summed E-state index contributed by atoms with van der Waals surface area (Å²) in [6, 6.07) is 0. The molecule has 0 spiro atoms. The van der Waals surface area contributed by atoms with Crippen LogP contribution in [-0.4, -0.2) is 12.7 Å². The number of hydrogen-bond acceptors (Lipinski definition) is 1. The van der Waals surface area contributed by atoms with Crippen molar-refractivity contribution in [1.82, 2.24) is 0 Å². The third-order valence-corrected chi connectivity index (χ3v) is 1.61. The van der Waals surface area contributed by atoms with Gasteiger partial charge in [0.2, 0.25) is 0 Å². The Kier molecular flexibility index (Phi) is 2.34. The molecule has 0 saturated heterocycles. The molecule has 1 nitrogen and oxygen atoms in total. The Labute approximate surface area is 51.0 Å². The maximum Gasteiger partial charge on any atom is 0.0575 e. The zero-order valence-electron chi connectivity index (χ0n) is 5.52. The average Bonchev–Trinajstić information content (AvgIpc) is 1.63. The van der Waals surface area contributed by atoms with E-state index in [2.05, 4.69) is 6.92 Å². The van der Waals surface area contributed by atoms with Gasteiger partial charge in [-0.25, -0.2) is 0 Å². The van der Waals surface area contributed by atoms with E-state index in [1.165, 1.54) is 19.3 Å². The van der Waals surface area contributed by atoms with Gasteiger partial charge in [0, 0.05) is 6.61 Å². The SMILES string of the molecule is CCCOC1CCC1. The lowest BCUT2D eigenvalue weighted by Gasteiger charge is -2.25. The van der Waals surface area contributed by atoms with E-state index in [9.17, 15) is 0 Å². The number of ether oxygens (including phenoxy) is 1. The van der Waals surface area contributed by atoms with Crippen LogP contribution >= 0.6 is 0 Å². The van der Waals surface area contributed by atoms with Gasteiger partial charge in [-0.2, -0.15) is 0 Å². The highest BCUT2D eigenvalue weighted by Crippen LogP contribution is 2.21. The second kappa shape index (κ2) is 3.08. The van der Waals surface area contributed by atoms with E-state index >= 15 is 0 Å². The van der Waals surface area contributed by atoms with E-state index in [0.717, 1.165) is 13.0 Å². The van der Waals surface area contributed by atoms with Crippen LogP contribution in [0.2, 0.25) is 0 Å². The van der Waals surface area contributed by atoms with E-state index < -0.39 is 0 Å². The fourth-order valence-electron chi connectivity index (χ4n) is 0.822. The highest BCUT2D eigenvalue weighted by Gasteiger charge is 2.16. The topological polar surface area (TPSA) is 9.23 Å². The van der Waals surface area contributed by atoms with Gasteiger partial charge < -0.3 is 4.74 Å². The molecule has 0 atom stereocenters. The molecule has 0 N–H and O–H groups in total. The van der Waals surface area contributed by atoms with E-state index in [-0.39, 0.29) is 0 Å². The van der Waals surface area contributed by atoms with Crippen molar-refractivity contribution in [2.45, 2.75) is 38.7 Å². The molecule has 1 aliphatic rings. The molecule has 48 valence electrons. The summed E-state index contributed by atoms with van der Waals surface area (Å²) in [4.78, 5) is 0. The van der Waals surface area contributed by atoms with Crippen molar-refractivity contribution in [3.63, 3.8) is 0 Å². The summed E-state index contributed by atoms with van der Waals surface area (Å²) in [5.74, 6) is 0. The lowest BCUT2D eigenvalue weighted by Crippen LogP contribution is -2.21. The third kappa shape index (κ3) is 1.48. The van der Waals surface area contributed by atoms with Crippen LogP contribution in [-0.2, 0) is 4.74 Å². The Balaban J connectivity index is 1.86. The fraction of sp³-hybridized carbons (Fsp3) is 1.00. The van der Waals surface area contributed by atoms with E-state index in [4.69, 9.17) is 4.74 Å². The molecule has 0 heterocycles. The smallest absolute Gasteiger partial charge is 0.0575 e. The highest BCUT2D eigenvalue weighted by atomic mass is 16.5. The Bertz CT molecular complexity index is 57.4. The first-order valence-electron chi connectivity index (χ1n) is 3.55. The van der Waals surface area contributed by atoms with Crippen molar-refractivity contribution in [3.8, 4) is 0 Å². The Hall–Kier alpha value is -0.0400. The molecule has 0 aromatic carbocycles. The Morgan fingerprint density at radius 3 is 2.62 bits per heavy atom. The van der Waals surface area contributed by atoms with E-state index in [0.29, 0.717) is 6.10 Å². The third-order valence-electron chi connectivity index (χ3n) is 1.61. The normalized spacial score (nSPS) is 20.6.